The van der Waals surface area contributed by atoms with Crippen molar-refractivity contribution in [2.45, 2.75) is 27.9 Å². The Balaban J connectivity index is 1.48. The van der Waals surface area contributed by atoms with Gasteiger partial charge in [0, 0.05) is 21.3 Å². The molecule has 0 radical (unpaired) electrons. The van der Waals surface area contributed by atoms with Gasteiger partial charge in [-0.1, -0.05) is 72.8 Å². The second-order valence-electron chi connectivity index (χ2n) is 6.96. The Bertz CT molecular complexity index is 885. The highest BCUT2D eigenvalue weighted by molar-refractivity contribution is 7.98. The quantitative estimate of drug-likeness (QED) is 0.251. The summed E-state index contributed by atoms with van der Waals surface area (Å²) in [6.45, 7) is 0.585. The summed E-state index contributed by atoms with van der Waals surface area (Å²) in [7, 11) is 0. The summed E-state index contributed by atoms with van der Waals surface area (Å²) in [5, 5.41) is 0. The molecule has 0 spiro atoms. The van der Waals surface area contributed by atoms with Gasteiger partial charge in [0.2, 0.25) is 0 Å². The third kappa shape index (κ3) is 6.45. The molecule has 1 nitrogen and oxygen atoms in total. The fraction of sp³-hybridized carbons (Fsp3) is 0.111. The van der Waals surface area contributed by atoms with Crippen LogP contribution in [0.15, 0.2) is 119 Å². The summed E-state index contributed by atoms with van der Waals surface area (Å²) in [5.74, 6) is 2.79. The lowest BCUT2D eigenvalue weighted by molar-refractivity contribution is 0.306. The van der Waals surface area contributed by atoms with E-state index in [0.717, 1.165) is 17.3 Å². The van der Waals surface area contributed by atoms with Crippen LogP contribution in [-0.4, -0.2) is 0 Å². The van der Waals surface area contributed by atoms with Crippen molar-refractivity contribution in [1.29, 1.82) is 0 Å². The lowest BCUT2D eigenvalue weighted by Crippen LogP contribution is -1.97. The standard InChI is InChI=1S/C27H24OS2/c1-4-10-22(11-5-1)19-28-25-17-23(20-29-26-12-6-2-7-13-26)16-24(18-25)21-30-27-14-8-3-9-15-27/h1-18H,19-21H2. The number of ether oxygens (including phenoxy) is 1. The molecule has 0 saturated heterocycles. The van der Waals surface area contributed by atoms with Crippen LogP contribution in [0, 0.1) is 0 Å². The Morgan fingerprint density at radius 2 is 0.967 bits per heavy atom. The van der Waals surface area contributed by atoms with Crippen LogP contribution in [0.4, 0.5) is 0 Å². The van der Waals surface area contributed by atoms with E-state index in [1.54, 1.807) is 0 Å². The second-order valence-corrected chi connectivity index (χ2v) is 9.06. The smallest absolute Gasteiger partial charge is 0.120 e. The maximum atomic E-state index is 6.16. The molecule has 3 heteroatoms. The third-order valence-electron chi connectivity index (χ3n) is 4.57. The lowest BCUT2D eigenvalue weighted by Gasteiger charge is -2.12. The molecular weight excluding hydrogens is 404 g/mol. The molecule has 0 aliphatic rings. The van der Waals surface area contributed by atoms with Crippen molar-refractivity contribution in [2.75, 3.05) is 0 Å². The Hall–Kier alpha value is -2.62. The average Bonchev–Trinajstić information content (AvgIpc) is 2.82. The van der Waals surface area contributed by atoms with E-state index in [9.17, 15) is 0 Å². The van der Waals surface area contributed by atoms with Gasteiger partial charge in [0.05, 0.1) is 0 Å². The second kappa shape index (κ2) is 11.0. The van der Waals surface area contributed by atoms with Gasteiger partial charge in [0.1, 0.15) is 12.4 Å². The van der Waals surface area contributed by atoms with Crippen molar-refractivity contribution < 1.29 is 4.74 Å². The van der Waals surface area contributed by atoms with Gasteiger partial charge in [-0.2, -0.15) is 0 Å². The molecular formula is C27H24OS2. The zero-order valence-electron chi connectivity index (χ0n) is 16.7. The molecule has 0 bridgehead atoms. The number of hydrogen-bond donors (Lipinski definition) is 0. The summed E-state index contributed by atoms with van der Waals surface area (Å²) in [6, 6.07) is 38.1. The molecule has 0 saturated carbocycles. The third-order valence-corrected chi connectivity index (χ3v) is 6.74. The van der Waals surface area contributed by atoms with Gasteiger partial charge in [0.25, 0.3) is 0 Å². The van der Waals surface area contributed by atoms with Crippen LogP contribution in [0.2, 0.25) is 0 Å². The average molecular weight is 429 g/mol. The topological polar surface area (TPSA) is 9.23 Å². The van der Waals surface area contributed by atoms with Gasteiger partial charge in [0.15, 0.2) is 0 Å². The molecule has 4 aromatic carbocycles. The number of rotatable bonds is 9. The summed E-state index contributed by atoms with van der Waals surface area (Å²) in [4.78, 5) is 2.57. The predicted molar refractivity (Wildman–Crippen MR) is 129 cm³/mol. The first-order valence-electron chi connectivity index (χ1n) is 10.0. The molecule has 0 aliphatic carbocycles. The molecule has 150 valence electrons. The molecule has 0 fully saturated rings. The molecule has 4 aromatic rings. The van der Waals surface area contributed by atoms with Gasteiger partial charge in [-0.3, -0.25) is 0 Å². The van der Waals surface area contributed by atoms with Crippen LogP contribution in [0.5, 0.6) is 5.75 Å². The minimum absolute atomic E-state index is 0.585. The van der Waals surface area contributed by atoms with Crippen LogP contribution in [0.25, 0.3) is 0 Å². The van der Waals surface area contributed by atoms with Gasteiger partial charge in [-0.25, -0.2) is 0 Å². The van der Waals surface area contributed by atoms with Crippen LogP contribution in [0.1, 0.15) is 16.7 Å². The first-order valence-corrected chi connectivity index (χ1v) is 12.0. The highest BCUT2D eigenvalue weighted by atomic mass is 32.2. The zero-order chi connectivity index (χ0) is 20.4. The number of benzene rings is 4. The van der Waals surface area contributed by atoms with E-state index in [0.29, 0.717) is 6.61 Å². The maximum absolute atomic E-state index is 6.16. The molecule has 30 heavy (non-hydrogen) atoms. The SMILES string of the molecule is c1ccc(COc2cc(CSc3ccccc3)cc(CSc3ccccc3)c2)cc1. The van der Waals surface area contributed by atoms with Crippen LogP contribution in [0.3, 0.4) is 0 Å². The molecule has 0 N–H and O–H groups in total. The van der Waals surface area contributed by atoms with E-state index in [4.69, 9.17) is 4.74 Å². The molecule has 0 heterocycles. The van der Waals surface area contributed by atoms with Gasteiger partial charge >= 0.3 is 0 Å². The van der Waals surface area contributed by atoms with E-state index in [1.807, 2.05) is 41.7 Å². The first-order chi connectivity index (χ1) is 14.8. The van der Waals surface area contributed by atoms with E-state index >= 15 is 0 Å². The summed E-state index contributed by atoms with van der Waals surface area (Å²) >= 11 is 3.72. The molecule has 0 aliphatic heterocycles. The Kier molecular flexibility index (Phi) is 7.54. The van der Waals surface area contributed by atoms with Gasteiger partial charge < -0.3 is 4.74 Å². The van der Waals surface area contributed by atoms with Crippen molar-refractivity contribution in [3.63, 3.8) is 0 Å². The summed E-state index contributed by atoms with van der Waals surface area (Å²) in [5.41, 5.74) is 3.76. The number of thioether (sulfide) groups is 2. The summed E-state index contributed by atoms with van der Waals surface area (Å²) < 4.78 is 6.16. The largest absolute Gasteiger partial charge is 0.489 e. The zero-order valence-corrected chi connectivity index (χ0v) is 18.4. The predicted octanol–water partition coefficient (Wildman–Crippen LogP) is 7.85. The monoisotopic (exact) mass is 428 g/mol. The minimum Gasteiger partial charge on any atom is -0.489 e. The first kappa shape index (κ1) is 20.6. The van der Waals surface area contributed by atoms with Crippen molar-refractivity contribution in [2.24, 2.45) is 0 Å². The van der Waals surface area contributed by atoms with Gasteiger partial charge in [-0.05, 0) is 53.1 Å². The molecule has 0 amide bonds. The highest BCUT2D eigenvalue weighted by Gasteiger charge is 2.06. The van der Waals surface area contributed by atoms with E-state index in [2.05, 4.69) is 91.0 Å². The normalized spacial score (nSPS) is 10.7. The highest BCUT2D eigenvalue weighted by Crippen LogP contribution is 2.29. The minimum atomic E-state index is 0.585. The fourth-order valence-electron chi connectivity index (χ4n) is 3.09. The Morgan fingerprint density at radius 1 is 0.500 bits per heavy atom. The van der Waals surface area contributed by atoms with E-state index in [1.165, 1.54) is 26.5 Å². The van der Waals surface area contributed by atoms with Gasteiger partial charge in [-0.15, -0.1) is 23.5 Å². The van der Waals surface area contributed by atoms with Crippen molar-refractivity contribution in [1.82, 2.24) is 0 Å². The van der Waals surface area contributed by atoms with E-state index in [-0.39, 0.29) is 0 Å². The van der Waals surface area contributed by atoms with Crippen molar-refractivity contribution in [3.05, 3.63) is 126 Å². The molecule has 0 atom stereocenters. The summed E-state index contributed by atoms with van der Waals surface area (Å²) in [6.07, 6.45) is 0. The van der Waals surface area contributed by atoms with Crippen molar-refractivity contribution >= 4 is 23.5 Å². The fourth-order valence-corrected chi connectivity index (χ4v) is 4.79. The maximum Gasteiger partial charge on any atom is 0.120 e. The lowest BCUT2D eigenvalue weighted by atomic mass is 10.1. The van der Waals surface area contributed by atoms with Crippen molar-refractivity contribution in [3.8, 4) is 5.75 Å². The molecule has 0 unspecified atom stereocenters. The van der Waals surface area contributed by atoms with Crippen LogP contribution >= 0.6 is 23.5 Å². The van der Waals surface area contributed by atoms with Crippen LogP contribution < -0.4 is 4.74 Å². The Labute approximate surface area is 187 Å². The molecule has 0 aromatic heterocycles. The number of hydrogen-bond acceptors (Lipinski definition) is 3. The molecule has 4 rings (SSSR count). The van der Waals surface area contributed by atoms with E-state index < -0.39 is 0 Å². The Morgan fingerprint density at radius 3 is 1.47 bits per heavy atom. The van der Waals surface area contributed by atoms with Crippen LogP contribution in [-0.2, 0) is 18.1 Å².